The third-order valence-corrected chi connectivity index (χ3v) is 1.25. The lowest BCUT2D eigenvalue weighted by molar-refractivity contribution is 0.101. The summed E-state index contributed by atoms with van der Waals surface area (Å²) in [6.07, 6.45) is 1.41. The van der Waals surface area contributed by atoms with E-state index < -0.39 is 0 Å². The fourth-order valence-corrected chi connectivity index (χ4v) is 0.639. The highest BCUT2D eigenvalue weighted by molar-refractivity contribution is 5.93. The van der Waals surface area contributed by atoms with Gasteiger partial charge in [0.1, 0.15) is 0 Å². The summed E-state index contributed by atoms with van der Waals surface area (Å²) >= 11 is 0. The minimum atomic E-state index is -0.0433. The van der Waals surface area contributed by atoms with E-state index in [4.69, 9.17) is 4.74 Å². The minimum Gasteiger partial charge on any atom is -0.480 e. The van der Waals surface area contributed by atoms with Gasteiger partial charge in [0, 0.05) is 11.6 Å². The van der Waals surface area contributed by atoms with Gasteiger partial charge in [0.25, 0.3) is 0 Å². The van der Waals surface area contributed by atoms with Gasteiger partial charge in [-0.15, -0.1) is 5.10 Å². The molecule has 4 nitrogen and oxygen atoms in total. The Morgan fingerprint density at radius 3 is 2.91 bits per heavy atom. The van der Waals surface area contributed by atoms with Crippen LogP contribution in [0.2, 0.25) is 0 Å². The summed E-state index contributed by atoms with van der Waals surface area (Å²) in [5, 5.41) is 7.20. The predicted molar refractivity (Wildman–Crippen MR) is 38.6 cm³/mol. The van der Waals surface area contributed by atoms with Crippen molar-refractivity contribution < 1.29 is 9.53 Å². The van der Waals surface area contributed by atoms with E-state index in [1.807, 2.05) is 0 Å². The molecule has 0 aliphatic carbocycles. The molecular formula is C7H8N2O2. The maximum absolute atomic E-state index is 10.8. The van der Waals surface area contributed by atoms with Crippen LogP contribution in [0.5, 0.6) is 5.88 Å². The average Bonchev–Trinajstić information content (AvgIpc) is 2.05. The highest BCUT2D eigenvalue weighted by atomic mass is 16.5. The normalized spacial score (nSPS) is 9.27. The molecule has 1 aromatic rings. The number of hydrogen-bond donors (Lipinski definition) is 0. The summed E-state index contributed by atoms with van der Waals surface area (Å²) < 4.78 is 4.78. The van der Waals surface area contributed by atoms with Gasteiger partial charge < -0.3 is 4.74 Å². The van der Waals surface area contributed by atoms with Gasteiger partial charge in [0.15, 0.2) is 5.78 Å². The van der Waals surface area contributed by atoms with Crippen molar-refractivity contribution in [3.63, 3.8) is 0 Å². The summed E-state index contributed by atoms with van der Waals surface area (Å²) in [6, 6.07) is 1.55. The van der Waals surface area contributed by atoms with Gasteiger partial charge >= 0.3 is 0 Å². The minimum absolute atomic E-state index is 0.0433. The second kappa shape index (κ2) is 3.09. The number of carbonyl (C=O) groups is 1. The molecule has 0 saturated carbocycles. The molecule has 58 valence electrons. The molecule has 0 amide bonds. The molecule has 0 fully saturated rings. The second-order valence-electron chi connectivity index (χ2n) is 2.04. The van der Waals surface area contributed by atoms with Crippen molar-refractivity contribution in [1.82, 2.24) is 10.2 Å². The van der Waals surface area contributed by atoms with Crippen LogP contribution in [0.3, 0.4) is 0 Å². The van der Waals surface area contributed by atoms with Gasteiger partial charge in [-0.3, -0.25) is 4.79 Å². The van der Waals surface area contributed by atoms with E-state index >= 15 is 0 Å². The Hall–Kier alpha value is -1.45. The first-order chi connectivity index (χ1) is 5.24. The lowest BCUT2D eigenvalue weighted by atomic mass is 10.2. The number of methoxy groups -OCH3 is 1. The molecule has 0 saturated heterocycles. The third kappa shape index (κ3) is 1.73. The summed E-state index contributed by atoms with van der Waals surface area (Å²) in [5.74, 6) is 0.316. The zero-order chi connectivity index (χ0) is 8.27. The molecule has 0 radical (unpaired) electrons. The topological polar surface area (TPSA) is 52.1 Å². The van der Waals surface area contributed by atoms with Gasteiger partial charge in [-0.1, -0.05) is 0 Å². The molecule has 1 heterocycles. The third-order valence-electron chi connectivity index (χ3n) is 1.25. The highest BCUT2D eigenvalue weighted by Crippen LogP contribution is 2.06. The largest absolute Gasteiger partial charge is 0.480 e. The smallest absolute Gasteiger partial charge is 0.233 e. The predicted octanol–water partition coefficient (Wildman–Crippen LogP) is 0.688. The summed E-state index contributed by atoms with van der Waals surface area (Å²) in [4.78, 5) is 10.8. The Kier molecular flexibility index (Phi) is 2.15. The summed E-state index contributed by atoms with van der Waals surface area (Å²) in [7, 11) is 1.48. The lowest BCUT2D eigenvalue weighted by Gasteiger charge is -1.97. The van der Waals surface area contributed by atoms with Crippen molar-refractivity contribution in [2.75, 3.05) is 7.11 Å². The maximum Gasteiger partial charge on any atom is 0.233 e. The molecule has 0 aliphatic heterocycles. The first-order valence-electron chi connectivity index (χ1n) is 3.11. The highest BCUT2D eigenvalue weighted by Gasteiger charge is 2.01. The lowest BCUT2D eigenvalue weighted by Crippen LogP contribution is -1.97. The zero-order valence-electron chi connectivity index (χ0n) is 6.37. The van der Waals surface area contributed by atoms with Crippen LogP contribution < -0.4 is 4.74 Å². The number of hydrogen-bond acceptors (Lipinski definition) is 4. The van der Waals surface area contributed by atoms with E-state index in [0.29, 0.717) is 11.4 Å². The van der Waals surface area contributed by atoms with Crippen molar-refractivity contribution >= 4 is 5.78 Å². The quantitative estimate of drug-likeness (QED) is 0.585. The number of Topliss-reactive ketones (excluding diaryl/α,β-unsaturated/α-hetero) is 1. The molecule has 0 unspecified atom stereocenters. The first-order valence-corrected chi connectivity index (χ1v) is 3.11. The molecule has 0 spiro atoms. The standard InChI is InChI=1S/C7H8N2O2/c1-5(10)6-3-7(11-2)9-8-4-6/h3-4H,1-2H3. The van der Waals surface area contributed by atoms with Crippen molar-refractivity contribution in [3.05, 3.63) is 17.8 Å². The zero-order valence-corrected chi connectivity index (χ0v) is 6.37. The van der Waals surface area contributed by atoms with E-state index in [0.717, 1.165) is 0 Å². The monoisotopic (exact) mass is 152 g/mol. The van der Waals surface area contributed by atoms with Crippen LogP contribution in [-0.2, 0) is 0 Å². The van der Waals surface area contributed by atoms with Gasteiger partial charge in [-0.05, 0) is 6.92 Å². The van der Waals surface area contributed by atoms with Crippen LogP contribution in [0.25, 0.3) is 0 Å². The van der Waals surface area contributed by atoms with Crippen molar-refractivity contribution in [3.8, 4) is 5.88 Å². The summed E-state index contributed by atoms with van der Waals surface area (Å²) in [5.41, 5.74) is 0.511. The van der Waals surface area contributed by atoms with Gasteiger partial charge in [-0.2, -0.15) is 5.10 Å². The maximum atomic E-state index is 10.8. The molecule has 4 heteroatoms. The van der Waals surface area contributed by atoms with E-state index in [1.165, 1.54) is 20.2 Å². The Morgan fingerprint density at radius 2 is 2.36 bits per heavy atom. The van der Waals surface area contributed by atoms with E-state index in [2.05, 4.69) is 10.2 Å². The van der Waals surface area contributed by atoms with Crippen molar-refractivity contribution in [2.45, 2.75) is 6.92 Å². The average molecular weight is 152 g/mol. The molecule has 0 atom stereocenters. The van der Waals surface area contributed by atoms with E-state index in [-0.39, 0.29) is 5.78 Å². The number of ketones is 1. The fourth-order valence-electron chi connectivity index (χ4n) is 0.639. The van der Waals surface area contributed by atoms with Crippen LogP contribution in [0, 0.1) is 0 Å². The Bertz CT molecular complexity index is 273. The molecule has 1 aromatic heterocycles. The van der Waals surface area contributed by atoms with Crippen LogP contribution >= 0.6 is 0 Å². The number of carbonyl (C=O) groups excluding carboxylic acids is 1. The molecule has 0 aromatic carbocycles. The fraction of sp³-hybridized carbons (Fsp3) is 0.286. The Balaban J connectivity index is 3.01. The van der Waals surface area contributed by atoms with Crippen LogP contribution in [0.1, 0.15) is 17.3 Å². The number of nitrogens with zero attached hydrogens (tertiary/aromatic N) is 2. The molecule has 0 aliphatic rings. The number of aromatic nitrogens is 2. The molecular weight excluding hydrogens is 144 g/mol. The SMILES string of the molecule is COc1cc(C(C)=O)cnn1. The summed E-state index contributed by atoms with van der Waals surface area (Å²) in [6.45, 7) is 1.47. The molecule has 0 N–H and O–H groups in total. The van der Waals surface area contributed by atoms with Crippen molar-refractivity contribution in [2.24, 2.45) is 0 Å². The van der Waals surface area contributed by atoms with E-state index in [9.17, 15) is 4.79 Å². The molecule has 1 rings (SSSR count). The number of rotatable bonds is 2. The van der Waals surface area contributed by atoms with Gasteiger partial charge in [0.2, 0.25) is 5.88 Å². The van der Waals surface area contributed by atoms with Crippen LogP contribution in [0.4, 0.5) is 0 Å². The van der Waals surface area contributed by atoms with Crippen molar-refractivity contribution in [1.29, 1.82) is 0 Å². The van der Waals surface area contributed by atoms with Crippen LogP contribution in [0.15, 0.2) is 12.3 Å². The molecule has 11 heavy (non-hydrogen) atoms. The molecule has 0 bridgehead atoms. The second-order valence-corrected chi connectivity index (χ2v) is 2.04. The first kappa shape index (κ1) is 7.65. The Labute approximate surface area is 64.2 Å². The van der Waals surface area contributed by atoms with Gasteiger partial charge in [0.05, 0.1) is 13.3 Å². The van der Waals surface area contributed by atoms with E-state index in [1.54, 1.807) is 6.07 Å². The number of ether oxygens (including phenoxy) is 1. The van der Waals surface area contributed by atoms with Gasteiger partial charge in [-0.25, -0.2) is 0 Å². The van der Waals surface area contributed by atoms with Crippen LogP contribution in [-0.4, -0.2) is 23.1 Å². The Morgan fingerprint density at radius 1 is 1.64 bits per heavy atom.